The summed E-state index contributed by atoms with van der Waals surface area (Å²) in [6.07, 6.45) is 1.46. The number of benzene rings is 1. The van der Waals surface area contributed by atoms with Crippen molar-refractivity contribution >= 4 is 15.9 Å². The van der Waals surface area contributed by atoms with Gasteiger partial charge >= 0.3 is 0 Å². The quantitative estimate of drug-likeness (QED) is 0.740. The van der Waals surface area contributed by atoms with Gasteiger partial charge in [0.05, 0.1) is 5.75 Å². The predicted octanol–water partition coefficient (Wildman–Crippen LogP) is 1.48. The van der Waals surface area contributed by atoms with E-state index in [1.807, 2.05) is 6.92 Å². The van der Waals surface area contributed by atoms with Gasteiger partial charge in [-0.1, -0.05) is 25.5 Å². The number of sulfonamides is 1. The summed E-state index contributed by atoms with van der Waals surface area (Å²) in [6.45, 7) is 2.91. The zero-order chi connectivity index (χ0) is 17.6. The largest absolute Gasteiger partial charge is 0.481 e. The Morgan fingerprint density at radius 3 is 2.50 bits per heavy atom. The lowest BCUT2D eigenvalue weighted by molar-refractivity contribution is -0.134. The van der Waals surface area contributed by atoms with Gasteiger partial charge < -0.3 is 9.64 Å². The lowest BCUT2D eigenvalue weighted by atomic mass is 10.3. The van der Waals surface area contributed by atoms with E-state index >= 15 is 0 Å². The summed E-state index contributed by atoms with van der Waals surface area (Å²) in [4.78, 5) is 13.7. The third-order valence-electron chi connectivity index (χ3n) is 3.93. The highest BCUT2D eigenvalue weighted by atomic mass is 32.2. The average Bonchev–Trinajstić information content (AvgIpc) is 2.59. The standard InChI is InChI=1S/C16H23FN2O4S/c1-2-3-12-24(21,22)19-10-8-18(9-11-19)16(20)13-23-15-7-5-4-6-14(15)17/h4-7H,2-3,8-13H2,1H3. The first-order valence-corrected chi connectivity index (χ1v) is 9.68. The van der Waals surface area contributed by atoms with Crippen molar-refractivity contribution in [2.45, 2.75) is 19.8 Å². The molecule has 0 N–H and O–H groups in total. The van der Waals surface area contributed by atoms with Crippen LogP contribution in [0.25, 0.3) is 0 Å². The number of unbranched alkanes of at least 4 members (excludes halogenated alkanes) is 1. The highest BCUT2D eigenvalue weighted by molar-refractivity contribution is 7.89. The van der Waals surface area contributed by atoms with E-state index in [-0.39, 0.29) is 37.1 Å². The van der Waals surface area contributed by atoms with E-state index in [1.54, 1.807) is 17.0 Å². The van der Waals surface area contributed by atoms with Gasteiger partial charge in [0.2, 0.25) is 10.0 Å². The van der Waals surface area contributed by atoms with Crippen LogP contribution in [0.2, 0.25) is 0 Å². The van der Waals surface area contributed by atoms with Crippen LogP contribution in [0.4, 0.5) is 4.39 Å². The molecule has 0 atom stereocenters. The van der Waals surface area contributed by atoms with Gasteiger partial charge in [0, 0.05) is 26.2 Å². The molecule has 1 aliphatic heterocycles. The fourth-order valence-electron chi connectivity index (χ4n) is 2.46. The third-order valence-corrected chi connectivity index (χ3v) is 5.88. The second-order valence-electron chi connectivity index (χ2n) is 5.67. The minimum Gasteiger partial charge on any atom is -0.481 e. The highest BCUT2D eigenvalue weighted by Gasteiger charge is 2.28. The Bertz CT molecular complexity index is 658. The molecule has 134 valence electrons. The number of ether oxygens (including phenoxy) is 1. The molecule has 0 saturated carbocycles. The molecule has 6 nitrogen and oxygen atoms in total. The molecule has 0 unspecified atom stereocenters. The summed E-state index contributed by atoms with van der Waals surface area (Å²) in [5.74, 6) is -0.610. The van der Waals surface area contributed by atoms with Gasteiger partial charge in [0.25, 0.3) is 5.91 Å². The van der Waals surface area contributed by atoms with Gasteiger partial charge in [-0.3, -0.25) is 4.79 Å². The zero-order valence-electron chi connectivity index (χ0n) is 13.8. The highest BCUT2D eigenvalue weighted by Crippen LogP contribution is 2.16. The molecule has 0 bridgehead atoms. The molecular formula is C16H23FN2O4S. The number of para-hydroxylation sites is 1. The fourth-order valence-corrected chi connectivity index (χ4v) is 4.10. The Balaban J connectivity index is 1.81. The molecule has 8 heteroatoms. The first-order chi connectivity index (χ1) is 11.4. The van der Waals surface area contributed by atoms with Gasteiger partial charge in [-0.15, -0.1) is 0 Å². The van der Waals surface area contributed by atoms with Crippen molar-refractivity contribution in [2.75, 3.05) is 38.5 Å². The molecule has 0 aliphatic carbocycles. The van der Waals surface area contributed by atoms with Crippen LogP contribution < -0.4 is 4.74 Å². The second-order valence-corrected chi connectivity index (χ2v) is 7.76. The van der Waals surface area contributed by atoms with E-state index in [4.69, 9.17) is 4.74 Å². The van der Waals surface area contributed by atoms with Crippen LogP contribution in [0.5, 0.6) is 5.75 Å². The number of nitrogens with zero attached hydrogens (tertiary/aromatic N) is 2. The molecule has 1 saturated heterocycles. The molecule has 0 aromatic heterocycles. The van der Waals surface area contributed by atoms with Crippen LogP contribution in [0.3, 0.4) is 0 Å². The summed E-state index contributed by atoms with van der Waals surface area (Å²) >= 11 is 0. The molecule has 1 aliphatic rings. The smallest absolute Gasteiger partial charge is 0.260 e. The Morgan fingerprint density at radius 1 is 1.21 bits per heavy atom. The molecule has 1 aromatic rings. The van der Waals surface area contributed by atoms with Crippen LogP contribution in [-0.2, 0) is 14.8 Å². The molecule has 0 radical (unpaired) electrons. The van der Waals surface area contributed by atoms with Crippen molar-refractivity contribution in [3.8, 4) is 5.75 Å². The number of rotatable bonds is 7. The first kappa shape index (κ1) is 18.7. The normalized spacial score (nSPS) is 16.2. The van der Waals surface area contributed by atoms with E-state index in [1.165, 1.54) is 16.4 Å². The summed E-state index contributed by atoms with van der Waals surface area (Å²) in [7, 11) is -3.24. The number of amides is 1. The zero-order valence-corrected chi connectivity index (χ0v) is 14.6. The van der Waals surface area contributed by atoms with E-state index in [0.717, 1.165) is 6.42 Å². The monoisotopic (exact) mass is 358 g/mol. The van der Waals surface area contributed by atoms with E-state index < -0.39 is 15.8 Å². The maximum atomic E-state index is 13.4. The van der Waals surface area contributed by atoms with Crippen molar-refractivity contribution in [1.82, 2.24) is 9.21 Å². The van der Waals surface area contributed by atoms with Crippen LogP contribution in [0.15, 0.2) is 24.3 Å². The maximum absolute atomic E-state index is 13.4. The number of halogens is 1. The number of hydrogen-bond donors (Lipinski definition) is 0. The summed E-state index contributed by atoms with van der Waals surface area (Å²) in [5.41, 5.74) is 0. The lowest BCUT2D eigenvalue weighted by Gasteiger charge is -2.34. The Morgan fingerprint density at radius 2 is 1.88 bits per heavy atom. The minimum absolute atomic E-state index is 0.0339. The molecule has 2 rings (SSSR count). The average molecular weight is 358 g/mol. The Hall–Kier alpha value is -1.67. The Labute approximate surface area is 142 Å². The van der Waals surface area contributed by atoms with Crippen molar-refractivity contribution in [2.24, 2.45) is 0 Å². The van der Waals surface area contributed by atoms with Crippen molar-refractivity contribution in [3.05, 3.63) is 30.1 Å². The maximum Gasteiger partial charge on any atom is 0.260 e. The number of hydrogen-bond acceptors (Lipinski definition) is 4. The SMILES string of the molecule is CCCCS(=O)(=O)N1CCN(C(=O)COc2ccccc2F)CC1. The second kappa shape index (κ2) is 8.43. The lowest BCUT2D eigenvalue weighted by Crippen LogP contribution is -2.52. The van der Waals surface area contributed by atoms with Crippen molar-refractivity contribution in [3.63, 3.8) is 0 Å². The van der Waals surface area contributed by atoms with E-state index in [2.05, 4.69) is 0 Å². The molecular weight excluding hydrogens is 335 g/mol. The topological polar surface area (TPSA) is 66.9 Å². The van der Waals surface area contributed by atoms with Gasteiger partial charge in [-0.2, -0.15) is 4.31 Å². The fraction of sp³-hybridized carbons (Fsp3) is 0.562. The van der Waals surface area contributed by atoms with E-state index in [0.29, 0.717) is 19.5 Å². The third kappa shape index (κ3) is 4.91. The van der Waals surface area contributed by atoms with Gasteiger partial charge in [0.15, 0.2) is 18.2 Å². The first-order valence-electron chi connectivity index (χ1n) is 8.07. The van der Waals surface area contributed by atoms with E-state index in [9.17, 15) is 17.6 Å². The molecule has 1 aromatic carbocycles. The van der Waals surface area contributed by atoms with Crippen LogP contribution in [0.1, 0.15) is 19.8 Å². The van der Waals surface area contributed by atoms with Crippen molar-refractivity contribution < 1.29 is 22.3 Å². The molecule has 24 heavy (non-hydrogen) atoms. The van der Waals surface area contributed by atoms with Gasteiger partial charge in [-0.25, -0.2) is 12.8 Å². The summed E-state index contributed by atoms with van der Waals surface area (Å²) < 4.78 is 44.3. The van der Waals surface area contributed by atoms with Crippen molar-refractivity contribution in [1.29, 1.82) is 0 Å². The van der Waals surface area contributed by atoms with Crippen LogP contribution >= 0.6 is 0 Å². The van der Waals surface area contributed by atoms with Gasteiger partial charge in [0.1, 0.15) is 0 Å². The molecule has 0 spiro atoms. The number of carbonyl (C=O) groups excluding carboxylic acids is 1. The number of piperazine rings is 1. The summed E-state index contributed by atoms with van der Waals surface area (Å²) in [6, 6.07) is 5.89. The molecule has 1 fully saturated rings. The summed E-state index contributed by atoms with van der Waals surface area (Å²) in [5, 5.41) is 0. The van der Waals surface area contributed by atoms with Gasteiger partial charge in [-0.05, 0) is 18.6 Å². The minimum atomic E-state index is -3.24. The molecule has 1 amide bonds. The predicted molar refractivity (Wildman–Crippen MR) is 88.7 cm³/mol. The number of carbonyl (C=O) groups is 1. The van der Waals surface area contributed by atoms with Crippen LogP contribution in [0, 0.1) is 5.82 Å². The van der Waals surface area contributed by atoms with Crippen LogP contribution in [-0.4, -0.2) is 62.1 Å². The Kier molecular flexibility index (Phi) is 6.56. The molecule has 1 heterocycles.